The number of rotatable bonds is 3. The molecule has 0 saturated carbocycles. The molecule has 0 aliphatic carbocycles. The summed E-state index contributed by atoms with van der Waals surface area (Å²) in [5, 5.41) is 10.8. The van der Waals surface area contributed by atoms with Gasteiger partial charge in [-0.2, -0.15) is 5.10 Å². The Bertz CT molecular complexity index is 1150. The summed E-state index contributed by atoms with van der Waals surface area (Å²) >= 11 is 0. The maximum atomic E-state index is 12.9. The molecule has 0 saturated heterocycles. The first kappa shape index (κ1) is 16.9. The number of benzene rings is 2. The summed E-state index contributed by atoms with van der Waals surface area (Å²) in [6.07, 6.45) is 0. The molecule has 0 atom stereocenters. The van der Waals surface area contributed by atoms with Crippen LogP contribution in [0.3, 0.4) is 0 Å². The molecule has 0 bridgehead atoms. The molecule has 6 nitrogen and oxygen atoms in total. The molecule has 0 aliphatic rings. The quantitative estimate of drug-likeness (QED) is 0.576. The van der Waals surface area contributed by atoms with Crippen molar-refractivity contribution in [1.29, 1.82) is 0 Å². The van der Waals surface area contributed by atoms with Crippen molar-refractivity contribution in [2.45, 2.75) is 20.8 Å². The van der Waals surface area contributed by atoms with Crippen molar-refractivity contribution in [1.82, 2.24) is 20.2 Å². The average molecular weight is 357 g/mol. The molecule has 0 spiro atoms. The number of carbonyl (C=O) groups is 1. The third-order valence-corrected chi connectivity index (χ3v) is 4.34. The molecule has 6 heteroatoms. The van der Waals surface area contributed by atoms with Crippen LogP contribution in [0.5, 0.6) is 0 Å². The molecule has 0 fully saturated rings. The summed E-state index contributed by atoms with van der Waals surface area (Å²) < 4.78 is 0. The molecular weight excluding hydrogens is 338 g/mol. The average Bonchev–Trinajstić information content (AvgIpc) is 3.08. The standard InChI is InChI=1S/C21H19N5O/c1-12-4-9-19-17(10-12)18(11-13(2)22-19)21(27)24-16-7-5-15(6-8-16)20-23-14(3)25-26-20/h4-11H,1-3H3,(H,24,27)(H,23,25,26). The highest BCUT2D eigenvalue weighted by Gasteiger charge is 2.13. The normalized spacial score (nSPS) is 10.9. The van der Waals surface area contributed by atoms with Gasteiger partial charge in [-0.15, -0.1) is 0 Å². The van der Waals surface area contributed by atoms with Gasteiger partial charge in [0.2, 0.25) is 0 Å². The molecule has 2 aromatic carbocycles. The van der Waals surface area contributed by atoms with Gasteiger partial charge in [0.05, 0.1) is 11.1 Å². The van der Waals surface area contributed by atoms with Crippen LogP contribution >= 0.6 is 0 Å². The Hall–Kier alpha value is -3.54. The second-order valence-corrected chi connectivity index (χ2v) is 6.61. The molecule has 27 heavy (non-hydrogen) atoms. The minimum Gasteiger partial charge on any atom is -0.322 e. The first-order valence-electron chi connectivity index (χ1n) is 8.68. The number of aromatic nitrogens is 4. The van der Waals surface area contributed by atoms with Gasteiger partial charge < -0.3 is 5.32 Å². The fourth-order valence-corrected chi connectivity index (χ4v) is 3.03. The van der Waals surface area contributed by atoms with E-state index in [0.717, 1.165) is 33.5 Å². The van der Waals surface area contributed by atoms with Crippen molar-refractivity contribution in [3.05, 3.63) is 71.2 Å². The number of aromatic amines is 1. The van der Waals surface area contributed by atoms with E-state index in [2.05, 4.69) is 25.5 Å². The SMILES string of the molecule is Cc1ccc2nc(C)cc(C(=O)Nc3ccc(-c4n[nH]c(C)n4)cc3)c2c1. The van der Waals surface area contributed by atoms with Crippen LogP contribution in [-0.4, -0.2) is 26.1 Å². The molecule has 134 valence electrons. The smallest absolute Gasteiger partial charge is 0.256 e. The number of pyridine rings is 1. The van der Waals surface area contributed by atoms with Crippen LogP contribution < -0.4 is 5.32 Å². The second-order valence-electron chi connectivity index (χ2n) is 6.61. The predicted molar refractivity (Wildman–Crippen MR) is 106 cm³/mol. The van der Waals surface area contributed by atoms with Crippen LogP contribution in [0.2, 0.25) is 0 Å². The lowest BCUT2D eigenvalue weighted by molar-refractivity contribution is 0.102. The van der Waals surface area contributed by atoms with E-state index < -0.39 is 0 Å². The lowest BCUT2D eigenvalue weighted by Gasteiger charge is -2.10. The highest BCUT2D eigenvalue weighted by molar-refractivity contribution is 6.12. The summed E-state index contributed by atoms with van der Waals surface area (Å²) in [4.78, 5) is 21.7. The van der Waals surface area contributed by atoms with E-state index in [-0.39, 0.29) is 5.91 Å². The second kappa shape index (κ2) is 6.64. The van der Waals surface area contributed by atoms with Crippen molar-refractivity contribution in [3.8, 4) is 11.4 Å². The van der Waals surface area contributed by atoms with Crippen LogP contribution in [0.25, 0.3) is 22.3 Å². The molecule has 4 aromatic rings. The summed E-state index contributed by atoms with van der Waals surface area (Å²) in [5.41, 5.74) is 4.94. The number of hydrogen-bond donors (Lipinski definition) is 2. The zero-order valence-corrected chi connectivity index (χ0v) is 15.4. The van der Waals surface area contributed by atoms with E-state index in [1.54, 1.807) is 0 Å². The lowest BCUT2D eigenvalue weighted by atomic mass is 10.0. The number of amides is 1. The van der Waals surface area contributed by atoms with E-state index in [1.807, 2.05) is 69.3 Å². The first-order chi connectivity index (χ1) is 13.0. The highest BCUT2D eigenvalue weighted by atomic mass is 16.1. The molecular formula is C21H19N5O. The number of aryl methyl sites for hydroxylation is 3. The van der Waals surface area contributed by atoms with Gasteiger partial charge >= 0.3 is 0 Å². The topological polar surface area (TPSA) is 83.6 Å². The van der Waals surface area contributed by atoms with Crippen molar-refractivity contribution in [3.63, 3.8) is 0 Å². The number of nitrogens with one attached hydrogen (secondary N) is 2. The van der Waals surface area contributed by atoms with Crippen molar-refractivity contribution < 1.29 is 4.79 Å². The summed E-state index contributed by atoms with van der Waals surface area (Å²) in [7, 11) is 0. The number of hydrogen-bond acceptors (Lipinski definition) is 4. The third-order valence-electron chi connectivity index (χ3n) is 4.34. The monoisotopic (exact) mass is 357 g/mol. The largest absolute Gasteiger partial charge is 0.322 e. The maximum Gasteiger partial charge on any atom is 0.256 e. The van der Waals surface area contributed by atoms with Gasteiger partial charge in [-0.25, -0.2) is 4.98 Å². The van der Waals surface area contributed by atoms with Crippen LogP contribution in [0.4, 0.5) is 5.69 Å². The van der Waals surface area contributed by atoms with Crippen LogP contribution in [0.15, 0.2) is 48.5 Å². The van der Waals surface area contributed by atoms with Gasteiger partial charge in [0.15, 0.2) is 5.82 Å². The molecule has 2 N–H and O–H groups in total. The minimum absolute atomic E-state index is 0.155. The van der Waals surface area contributed by atoms with E-state index in [4.69, 9.17) is 0 Å². The van der Waals surface area contributed by atoms with Crippen LogP contribution in [0, 0.1) is 20.8 Å². The first-order valence-corrected chi connectivity index (χ1v) is 8.68. The Balaban J connectivity index is 1.63. The number of H-pyrrole nitrogens is 1. The minimum atomic E-state index is -0.155. The van der Waals surface area contributed by atoms with Gasteiger partial charge in [0.25, 0.3) is 5.91 Å². The van der Waals surface area contributed by atoms with Gasteiger partial charge in [-0.3, -0.25) is 14.9 Å². The maximum absolute atomic E-state index is 12.9. The third kappa shape index (κ3) is 3.42. The van der Waals surface area contributed by atoms with E-state index >= 15 is 0 Å². The molecule has 0 radical (unpaired) electrons. The molecule has 4 rings (SSSR count). The Morgan fingerprint density at radius 2 is 1.74 bits per heavy atom. The van der Waals surface area contributed by atoms with Gasteiger partial charge in [0, 0.05) is 22.3 Å². The molecule has 1 amide bonds. The van der Waals surface area contributed by atoms with Crippen LogP contribution in [-0.2, 0) is 0 Å². The fourth-order valence-electron chi connectivity index (χ4n) is 3.03. The summed E-state index contributed by atoms with van der Waals surface area (Å²) in [5.74, 6) is 1.24. The zero-order chi connectivity index (χ0) is 19.0. The van der Waals surface area contributed by atoms with Crippen molar-refractivity contribution in [2.24, 2.45) is 0 Å². The van der Waals surface area contributed by atoms with E-state index in [1.165, 1.54) is 0 Å². The van der Waals surface area contributed by atoms with Gasteiger partial charge in [-0.05, 0) is 63.2 Å². The van der Waals surface area contributed by atoms with E-state index in [9.17, 15) is 4.79 Å². The molecule has 0 unspecified atom stereocenters. The van der Waals surface area contributed by atoms with Gasteiger partial charge in [0.1, 0.15) is 5.82 Å². The fraction of sp³-hybridized carbons (Fsp3) is 0.143. The highest BCUT2D eigenvalue weighted by Crippen LogP contribution is 2.22. The zero-order valence-electron chi connectivity index (χ0n) is 15.4. The Morgan fingerprint density at radius 3 is 2.44 bits per heavy atom. The number of nitrogens with zero attached hydrogens (tertiary/aromatic N) is 3. The number of anilines is 1. The van der Waals surface area contributed by atoms with Crippen LogP contribution in [0.1, 0.15) is 27.4 Å². The number of carbonyl (C=O) groups excluding carboxylic acids is 1. The number of fused-ring (bicyclic) bond motifs is 1. The Kier molecular flexibility index (Phi) is 4.16. The van der Waals surface area contributed by atoms with Crippen molar-refractivity contribution in [2.75, 3.05) is 5.32 Å². The Labute approximate surface area is 156 Å². The predicted octanol–water partition coefficient (Wildman–Crippen LogP) is 4.20. The summed E-state index contributed by atoms with van der Waals surface area (Å²) in [6, 6.07) is 15.2. The molecule has 2 heterocycles. The van der Waals surface area contributed by atoms with E-state index in [0.29, 0.717) is 17.1 Å². The Morgan fingerprint density at radius 1 is 0.963 bits per heavy atom. The van der Waals surface area contributed by atoms with Crippen molar-refractivity contribution >= 4 is 22.5 Å². The summed E-state index contributed by atoms with van der Waals surface area (Å²) in [6.45, 7) is 5.75. The molecule has 0 aliphatic heterocycles. The van der Waals surface area contributed by atoms with Gasteiger partial charge in [-0.1, -0.05) is 11.6 Å². The molecule has 2 aromatic heterocycles. The lowest BCUT2D eigenvalue weighted by Crippen LogP contribution is -2.13.